The monoisotopic (exact) mass is 565 g/mol. The van der Waals surface area contributed by atoms with Gasteiger partial charge in [0.05, 0.1) is 35.4 Å². The Morgan fingerprint density at radius 1 is 1.19 bits per heavy atom. The first-order chi connectivity index (χ1) is 20.4. The first kappa shape index (κ1) is 27.8. The van der Waals surface area contributed by atoms with Crippen LogP contribution in [0, 0.1) is 0 Å². The fraction of sp³-hybridized carbons (Fsp3) is 0.364. The molecule has 1 amide bonds. The molecule has 0 spiro atoms. The Labute approximate surface area is 247 Å². The van der Waals surface area contributed by atoms with E-state index in [4.69, 9.17) is 14.7 Å². The average molecular weight is 566 g/mol. The lowest BCUT2D eigenvalue weighted by atomic mass is 10.00. The molecule has 0 saturated heterocycles. The van der Waals surface area contributed by atoms with Gasteiger partial charge < -0.3 is 29.7 Å². The normalized spacial score (nSPS) is 14.2. The van der Waals surface area contributed by atoms with E-state index in [0.29, 0.717) is 29.0 Å². The predicted molar refractivity (Wildman–Crippen MR) is 170 cm³/mol. The second-order valence-corrected chi connectivity index (χ2v) is 11.5. The number of para-hydroxylation sites is 1. The number of aromatic nitrogens is 3. The number of ether oxygens (including phenoxy) is 1. The van der Waals surface area contributed by atoms with Gasteiger partial charge in [-0.2, -0.15) is 0 Å². The number of carbonyl (C=O) groups excluding carboxylic acids is 1. The minimum Gasteiger partial charge on any atom is -0.494 e. The van der Waals surface area contributed by atoms with Crippen molar-refractivity contribution in [2.45, 2.75) is 38.1 Å². The quantitative estimate of drug-likeness (QED) is 0.222. The molecule has 3 heterocycles. The predicted octanol–water partition coefficient (Wildman–Crippen LogP) is 5.80. The highest BCUT2D eigenvalue weighted by atomic mass is 16.5. The Bertz CT molecular complexity index is 1650. The molecule has 4 aromatic rings. The summed E-state index contributed by atoms with van der Waals surface area (Å²) in [6, 6.07) is 10.4. The molecule has 0 bridgehead atoms. The number of amides is 1. The van der Waals surface area contributed by atoms with E-state index in [0.717, 1.165) is 62.3 Å². The second kappa shape index (κ2) is 11.5. The van der Waals surface area contributed by atoms with Crippen molar-refractivity contribution < 1.29 is 9.53 Å². The number of benzene rings is 2. The van der Waals surface area contributed by atoms with Gasteiger partial charge in [0, 0.05) is 61.7 Å². The summed E-state index contributed by atoms with van der Waals surface area (Å²) in [6.07, 6.45) is 10.1. The summed E-state index contributed by atoms with van der Waals surface area (Å²) in [7, 11) is 7.71. The Hall–Kier alpha value is -4.37. The zero-order valence-electron chi connectivity index (χ0n) is 24.9. The summed E-state index contributed by atoms with van der Waals surface area (Å²) in [5.41, 5.74) is 8.22. The van der Waals surface area contributed by atoms with E-state index in [-0.39, 0.29) is 5.91 Å². The second-order valence-electron chi connectivity index (χ2n) is 11.5. The lowest BCUT2D eigenvalue weighted by molar-refractivity contribution is -0.111. The Morgan fingerprint density at radius 2 is 2.02 bits per heavy atom. The first-order valence-electron chi connectivity index (χ1n) is 14.6. The molecule has 1 saturated carbocycles. The maximum atomic E-state index is 12.4. The summed E-state index contributed by atoms with van der Waals surface area (Å²) in [5, 5.41) is 7.61. The summed E-state index contributed by atoms with van der Waals surface area (Å²) in [4.78, 5) is 26.5. The molecule has 9 heteroatoms. The van der Waals surface area contributed by atoms with Gasteiger partial charge in [0.1, 0.15) is 5.75 Å². The van der Waals surface area contributed by atoms with Crippen LogP contribution in [0.15, 0.2) is 55.4 Å². The van der Waals surface area contributed by atoms with E-state index in [9.17, 15) is 4.79 Å². The molecular formula is C33H39N7O2. The van der Waals surface area contributed by atoms with E-state index in [2.05, 4.69) is 56.0 Å². The number of anilines is 4. The topological polar surface area (TPSA) is 87.5 Å². The Balaban J connectivity index is 1.40. The number of hydrogen-bond donors (Lipinski definition) is 2. The molecule has 1 aliphatic carbocycles. The van der Waals surface area contributed by atoms with Crippen molar-refractivity contribution in [3.63, 3.8) is 0 Å². The van der Waals surface area contributed by atoms with E-state index in [1.807, 2.05) is 39.5 Å². The van der Waals surface area contributed by atoms with Gasteiger partial charge >= 0.3 is 0 Å². The van der Waals surface area contributed by atoms with Crippen molar-refractivity contribution in [1.82, 2.24) is 19.4 Å². The van der Waals surface area contributed by atoms with Gasteiger partial charge in [-0.1, -0.05) is 24.8 Å². The molecule has 2 aromatic carbocycles. The minimum absolute atomic E-state index is 0.284. The van der Waals surface area contributed by atoms with Crippen LogP contribution in [0.1, 0.15) is 36.3 Å². The van der Waals surface area contributed by atoms with Gasteiger partial charge in [0.15, 0.2) is 0 Å². The van der Waals surface area contributed by atoms with E-state index in [1.54, 1.807) is 7.11 Å². The molecule has 2 N–H and O–H groups in total. The van der Waals surface area contributed by atoms with Crippen LogP contribution in [0.3, 0.4) is 0 Å². The van der Waals surface area contributed by atoms with Crippen LogP contribution in [-0.4, -0.2) is 66.7 Å². The van der Waals surface area contributed by atoms with Crippen molar-refractivity contribution >= 4 is 39.8 Å². The molecule has 42 heavy (non-hydrogen) atoms. The third kappa shape index (κ3) is 5.44. The number of rotatable bonds is 11. The van der Waals surface area contributed by atoms with Crippen molar-refractivity contribution in [3.05, 3.63) is 66.5 Å². The Kier molecular flexibility index (Phi) is 7.60. The molecule has 0 radical (unpaired) electrons. The molecule has 6 rings (SSSR count). The van der Waals surface area contributed by atoms with Crippen LogP contribution in [0.25, 0.3) is 22.2 Å². The fourth-order valence-electron chi connectivity index (χ4n) is 5.83. The summed E-state index contributed by atoms with van der Waals surface area (Å²) in [6.45, 7) is 6.27. The van der Waals surface area contributed by atoms with Crippen LogP contribution in [0.2, 0.25) is 0 Å². The van der Waals surface area contributed by atoms with E-state index < -0.39 is 0 Å². The van der Waals surface area contributed by atoms with E-state index >= 15 is 0 Å². The Morgan fingerprint density at radius 3 is 2.76 bits per heavy atom. The van der Waals surface area contributed by atoms with Crippen molar-refractivity contribution in [1.29, 1.82) is 0 Å². The smallest absolute Gasteiger partial charge is 0.247 e. The average Bonchev–Trinajstić information content (AvgIpc) is 3.77. The molecule has 218 valence electrons. The van der Waals surface area contributed by atoms with Crippen LogP contribution >= 0.6 is 0 Å². The van der Waals surface area contributed by atoms with Gasteiger partial charge in [0.25, 0.3) is 0 Å². The van der Waals surface area contributed by atoms with Gasteiger partial charge in [-0.3, -0.25) is 4.79 Å². The maximum Gasteiger partial charge on any atom is 0.247 e. The highest BCUT2D eigenvalue weighted by molar-refractivity contribution is 6.02. The highest BCUT2D eigenvalue weighted by Crippen LogP contribution is 2.46. The fourth-order valence-corrected chi connectivity index (χ4v) is 5.83. The standard InChI is InChI=1S/C33H39N7O2/c1-6-30(41)35-26-17-27(29(42-5)18-28(26)39(4)16-15-38(2)3)36-33-34-19-24(21-12-13-21)31(37-33)25-20-40-14-8-10-22-9-7-11-23(25)32(22)40/h6-7,9,11,17-21H,1,8,10,12-16H2,2-5H3,(H,35,41)(H,34,36,37). The van der Waals surface area contributed by atoms with Crippen molar-refractivity contribution in [2.24, 2.45) is 0 Å². The largest absolute Gasteiger partial charge is 0.494 e. The summed E-state index contributed by atoms with van der Waals surface area (Å²) < 4.78 is 8.20. The van der Waals surface area contributed by atoms with Crippen molar-refractivity contribution in [3.8, 4) is 17.0 Å². The number of carbonyl (C=O) groups is 1. The zero-order valence-corrected chi connectivity index (χ0v) is 24.9. The number of likely N-dealkylation sites (N-methyl/N-ethyl adjacent to an activating group) is 2. The van der Waals surface area contributed by atoms with Gasteiger partial charge in [-0.05, 0) is 63.4 Å². The molecule has 2 aliphatic rings. The molecule has 9 nitrogen and oxygen atoms in total. The third-order valence-corrected chi connectivity index (χ3v) is 8.22. The van der Waals surface area contributed by atoms with Crippen molar-refractivity contribution in [2.75, 3.05) is 56.9 Å². The lowest BCUT2D eigenvalue weighted by Crippen LogP contribution is -2.29. The highest BCUT2D eigenvalue weighted by Gasteiger charge is 2.30. The van der Waals surface area contributed by atoms with Crippen LogP contribution < -0.4 is 20.3 Å². The molecule has 2 aromatic heterocycles. The van der Waals surface area contributed by atoms with Crippen LogP contribution in [0.4, 0.5) is 23.0 Å². The van der Waals surface area contributed by atoms with Crippen LogP contribution in [0.5, 0.6) is 5.75 Å². The molecule has 1 fully saturated rings. The van der Waals surface area contributed by atoms with E-state index in [1.165, 1.54) is 28.1 Å². The SMILES string of the molecule is C=CC(=O)Nc1cc(Nc2ncc(C3CC3)c(-c3cn4c5c(cccc35)CCC4)n2)c(OC)cc1N(C)CCN(C)C. The number of nitrogens with one attached hydrogen (secondary N) is 2. The maximum absolute atomic E-state index is 12.4. The minimum atomic E-state index is -0.284. The van der Waals surface area contributed by atoms with Crippen LogP contribution in [-0.2, 0) is 17.8 Å². The third-order valence-electron chi connectivity index (χ3n) is 8.22. The number of aryl methyl sites for hydroxylation is 2. The number of nitrogens with zero attached hydrogens (tertiary/aromatic N) is 5. The number of methoxy groups -OCH3 is 1. The lowest BCUT2D eigenvalue weighted by Gasteiger charge is -2.26. The summed E-state index contributed by atoms with van der Waals surface area (Å²) in [5.74, 6) is 1.32. The number of hydrogen-bond acceptors (Lipinski definition) is 7. The summed E-state index contributed by atoms with van der Waals surface area (Å²) >= 11 is 0. The molecular weight excluding hydrogens is 526 g/mol. The van der Waals surface area contributed by atoms with Gasteiger partial charge in [-0.25, -0.2) is 9.97 Å². The molecule has 0 unspecified atom stereocenters. The first-order valence-corrected chi connectivity index (χ1v) is 14.6. The molecule has 0 atom stereocenters. The van der Waals surface area contributed by atoms with Gasteiger partial charge in [-0.15, -0.1) is 0 Å². The van der Waals surface area contributed by atoms with Gasteiger partial charge in [0.2, 0.25) is 11.9 Å². The zero-order chi connectivity index (χ0) is 29.4. The molecule has 1 aliphatic heterocycles.